The van der Waals surface area contributed by atoms with E-state index in [1.807, 2.05) is 61.5 Å². The monoisotopic (exact) mass is 714 g/mol. The van der Waals surface area contributed by atoms with E-state index in [9.17, 15) is 24.9 Å². The fourth-order valence-corrected chi connectivity index (χ4v) is 5.58. The molecule has 0 aliphatic heterocycles. The number of anilines is 3. The first kappa shape index (κ1) is 35.5. The molecule has 4 heterocycles. The van der Waals surface area contributed by atoms with Crippen molar-refractivity contribution in [2.75, 3.05) is 16.4 Å². The molecular formula is C37H34N10O6. The number of nitro groups is 1. The Morgan fingerprint density at radius 1 is 0.736 bits per heavy atom. The molecule has 7 aromatic rings. The summed E-state index contributed by atoms with van der Waals surface area (Å²) in [7, 11) is 0. The molecule has 0 saturated heterocycles. The summed E-state index contributed by atoms with van der Waals surface area (Å²) in [4.78, 5) is 57.5. The molecule has 5 N–H and O–H groups in total. The van der Waals surface area contributed by atoms with E-state index < -0.39 is 10.5 Å². The lowest BCUT2D eigenvalue weighted by atomic mass is 10.1. The molecule has 53 heavy (non-hydrogen) atoms. The fraction of sp³-hybridized carbons (Fsp3) is 0.135. The Kier molecular flexibility index (Phi) is 10.5. The lowest BCUT2D eigenvalue weighted by molar-refractivity contribution is -0.384. The van der Waals surface area contributed by atoms with E-state index in [2.05, 4.69) is 30.6 Å². The molecule has 16 heteroatoms. The molecule has 0 radical (unpaired) electrons. The molecule has 0 atom stereocenters. The van der Waals surface area contributed by atoms with Gasteiger partial charge >= 0.3 is 0 Å². The zero-order valence-electron chi connectivity index (χ0n) is 28.6. The summed E-state index contributed by atoms with van der Waals surface area (Å²) in [5, 5.41) is 28.4. The molecule has 0 bridgehead atoms. The number of aromatic nitrogens is 6. The minimum absolute atomic E-state index is 0.00778. The van der Waals surface area contributed by atoms with E-state index >= 15 is 0 Å². The highest BCUT2D eigenvalue weighted by Crippen LogP contribution is 2.24. The number of rotatable bonds is 10. The molecule has 7 rings (SSSR count). The van der Waals surface area contributed by atoms with Crippen LogP contribution in [-0.4, -0.2) is 39.5 Å². The number of nitrogens with two attached hydrogens (primary N) is 1. The van der Waals surface area contributed by atoms with Crippen molar-refractivity contribution in [2.45, 2.75) is 33.5 Å². The summed E-state index contributed by atoms with van der Waals surface area (Å²) in [5.41, 5.74) is 11.1. The van der Waals surface area contributed by atoms with Crippen LogP contribution in [0, 0.1) is 24.0 Å². The predicted octanol–water partition coefficient (Wildman–Crippen LogP) is 4.78. The molecular weight excluding hydrogens is 680 g/mol. The Hall–Kier alpha value is -7.36. The van der Waals surface area contributed by atoms with Gasteiger partial charge in [-0.25, -0.2) is 19.9 Å². The third-order valence-electron chi connectivity index (χ3n) is 8.15. The maximum Gasteiger partial charge on any atom is 0.287 e. The van der Waals surface area contributed by atoms with Crippen LogP contribution in [0.1, 0.15) is 28.1 Å². The second-order valence-corrected chi connectivity index (χ2v) is 11.9. The maximum absolute atomic E-state index is 12.8. The molecule has 3 aromatic carbocycles. The van der Waals surface area contributed by atoms with E-state index in [-0.39, 0.29) is 23.5 Å². The van der Waals surface area contributed by atoms with Crippen molar-refractivity contribution in [3.8, 4) is 0 Å². The Bertz CT molecular complexity index is 2560. The van der Waals surface area contributed by atoms with Crippen LogP contribution in [-0.2, 0) is 19.7 Å². The lowest BCUT2D eigenvalue weighted by Gasteiger charge is -2.15. The van der Waals surface area contributed by atoms with Crippen molar-refractivity contribution in [1.29, 1.82) is 0 Å². The largest absolute Gasteiger partial charge is 0.423 e. The first-order valence-corrected chi connectivity index (χ1v) is 16.3. The molecule has 0 fully saturated rings. The van der Waals surface area contributed by atoms with Crippen LogP contribution in [0.15, 0.2) is 113 Å². The molecule has 0 aliphatic rings. The van der Waals surface area contributed by atoms with E-state index in [1.54, 1.807) is 19.1 Å². The summed E-state index contributed by atoms with van der Waals surface area (Å²) < 4.78 is 1.69. The molecule has 268 valence electrons. The standard InChI is InChI=1S/C22H19N5O4.C15H15N5O2/c1-15-21-19(23-12-17-8-5-9-18(10-17)27(29)30)11-20(28)26(22(21)25-14-24-15)31-13-16-6-3-2-4-7-16;1-9-14-12(17-7-10-3-2-4-11(16)5-10)6-13(21)20(22)15(14)19-8-18-9/h2-11,14,23H,12-13H2,1H3;2-6,8,17,22H,7,16H2,1H3. The van der Waals surface area contributed by atoms with Gasteiger partial charge in [0.25, 0.3) is 16.8 Å². The molecule has 0 spiro atoms. The van der Waals surface area contributed by atoms with Crippen LogP contribution in [0.2, 0.25) is 0 Å². The van der Waals surface area contributed by atoms with Crippen molar-refractivity contribution in [1.82, 2.24) is 29.4 Å². The Morgan fingerprint density at radius 2 is 1.30 bits per heavy atom. The minimum Gasteiger partial charge on any atom is -0.423 e. The van der Waals surface area contributed by atoms with Gasteiger partial charge in [0.05, 0.1) is 38.5 Å². The third-order valence-corrected chi connectivity index (χ3v) is 8.15. The van der Waals surface area contributed by atoms with Gasteiger partial charge in [0.2, 0.25) is 0 Å². The molecule has 0 saturated carbocycles. The van der Waals surface area contributed by atoms with Crippen LogP contribution in [0.5, 0.6) is 0 Å². The van der Waals surface area contributed by atoms with Gasteiger partial charge in [0, 0.05) is 43.0 Å². The summed E-state index contributed by atoms with van der Waals surface area (Å²) in [6.07, 6.45) is 2.69. The van der Waals surface area contributed by atoms with Crippen molar-refractivity contribution in [2.24, 2.45) is 0 Å². The number of hydrogen-bond donors (Lipinski definition) is 4. The average molecular weight is 715 g/mol. The normalized spacial score (nSPS) is 10.8. The van der Waals surface area contributed by atoms with Gasteiger partial charge in [-0.05, 0) is 42.7 Å². The Balaban J connectivity index is 0.000000192. The number of hydrogen-bond acceptors (Lipinski definition) is 13. The molecule has 0 unspecified atom stereocenters. The van der Waals surface area contributed by atoms with Crippen LogP contribution in [0.25, 0.3) is 22.1 Å². The van der Waals surface area contributed by atoms with Crippen molar-refractivity contribution in [3.05, 3.63) is 163 Å². The van der Waals surface area contributed by atoms with Gasteiger partial charge in [-0.1, -0.05) is 54.6 Å². The predicted molar refractivity (Wildman–Crippen MR) is 200 cm³/mol. The lowest BCUT2D eigenvalue weighted by Crippen LogP contribution is -2.28. The molecule has 0 amide bonds. The highest BCUT2D eigenvalue weighted by molar-refractivity contribution is 5.91. The number of aryl methyl sites for hydroxylation is 2. The van der Waals surface area contributed by atoms with Gasteiger partial charge in [0.15, 0.2) is 11.3 Å². The number of nitrogens with one attached hydrogen (secondary N) is 2. The average Bonchev–Trinajstić information content (AvgIpc) is 3.15. The number of pyridine rings is 2. The summed E-state index contributed by atoms with van der Waals surface area (Å²) in [6, 6.07) is 26.0. The highest BCUT2D eigenvalue weighted by Gasteiger charge is 2.15. The maximum atomic E-state index is 12.8. The second-order valence-electron chi connectivity index (χ2n) is 11.9. The first-order valence-electron chi connectivity index (χ1n) is 16.3. The Labute approximate surface area is 301 Å². The van der Waals surface area contributed by atoms with Gasteiger partial charge in [0.1, 0.15) is 19.3 Å². The summed E-state index contributed by atoms with van der Waals surface area (Å²) in [6.45, 7) is 4.59. The van der Waals surface area contributed by atoms with Crippen LogP contribution >= 0.6 is 0 Å². The van der Waals surface area contributed by atoms with E-state index in [0.717, 1.165) is 15.9 Å². The first-order chi connectivity index (χ1) is 25.6. The number of nitro benzene ring substituents is 1. The van der Waals surface area contributed by atoms with Crippen LogP contribution < -0.4 is 32.3 Å². The number of benzene rings is 3. The van der Waals surface area contributed by atoms with Gasteiger partial charge in [-0.2, -0.15) is 0 Å². The second kappa shape index (κ2) is 15.7. The van der Waals surface area contributed by atoms with Gasteiger partial charge in [-0.15, -0.1) is 9.46 Å². The summed E-state index contributed by atoms with van der Waals surface area (Å²) in [5.74, 6) is 0. The zero-order valence-corrected chi connectivity index (χ0v) is 28.6. The van der Waals surface area contributed by atoms with Crippen molar-refractivity contribution in [3.63, 3.8) is 0 Å². The van der Waals surface area contributed by atoms with E-state index in [0.29, 0.717) is 68.3 Å². The molecule has 4 aromatic heterocycles. The SMILES string of the molecule is Cc1ncnc2c1c(NCc1cccc(N)c1)cc(=O)n2O.Cc1ncnc2c1c(NCc1cccc([N+](=O)[O-])c1)cc(=O)n2OCc1ccccc1. The van der Waals surface area contributed by atoms with Gasteiger partial charge < -0.3 is 26.4 Å². The van der Waals surface area contributed by atoms with Crippen molar-refractivity contribution >= 4 is 44.8 Å². The van der Waals surface area contributed by atoms with Crippen LogP contribution in [0.4, 0.5) is 22.7 Å². The zero-order chi connectivity index (χ0) is 37.5. The molecule has 0 aliphatic carbocycles. The number of non-ortho nitro benzene ring substituents is 1. The van der Waals surface area contributed by atoms with Gasteiger partial charge in [-0.3, -0.25) is 19.7 Å². The van der Waals surface area contributed by atoms with E-state index in [4.69, 9.17) is 10.6 Å². The third kappa shape index (κ3) is 8.18. The van der Waals surface area contributed by atoms with Crippen molar-refractivity contribution < 1.29 is 15.0 Å². The number of fused-ring (bicyclic) bond motifs is 2. The fourth-order valence-electron chi connectivity index (χ4n) is 5.58. The molecule has 16 nitrogen and oxygen atoms in total. The topological polar surface area (TPSA) is 218 Å². The highest BCUT2D eigenvalue weighted by atomic mass is 16.7. The smallest absolute Gasteiger partial charge is 0.287 e. The Morgan fingerprint density at radius 3 is 1.94 bits per heavy atom. The number of nitrogens with zero attached hydrogens (tertiary/aromatic N) is 7. The van der Waals surface area contributed by atoms with E-state index in [1.165, 1.54) is 36.9 Å². The summed E-state index contributed by atoms with van der Waals surface area (Å²) >= 11 is 0. The number of nitrogen functional groups attached to an aromatic ring is 1. The minimum atomic E-state index is -0.555. The van der Waals surface area contributed by atoms with Crippen LogP contribution in [0.3, 0.4) is 0 Å². The quantitative estimate of drug-likeness (QED) is 0.0650.